The van der Waals surface area contributed by atoms with Gasteiger partial charge in [-0.25, -0.2) is 0 Å². The van der Waals surface area contributed by atoms with E-state index in [1.807, 2.05) is 54.6 Å². The fourth-order valence-corrected chi connectivity index (χ4v) is 3.29. The molecule has 0 unspecified atom stereocenters. The minimum absolute atomic E-state index is 0.807. The molecule has 0 saturated carbocycles. The van der Waals surface area contributed by atoms with Crippen LogP contribution in [0.2, 0.25) is 5.02 Å². The van der Waals surface area contributed by atoms with Crippen molar-refractivity contribution in [3.05, 3.63) is 65.4 Å². The zero-order valence-corrected chi connectivity index (χ0v) is 13.5. The Morgan fingerprint density at radius 1 is 1.00 bits per heavy atom. The van der Waals surface area contributed by atoms with Crippen molar-refractivity contribution < 1.29 is 0 Å². The lowest BCUT2D eigenvalue weighted by Gasteiger charge is -2.05. The Hall–Kier alpha value is -1.85. The molecule has 0 aliphatic rings. The Balaban J connectivity index is 1.57. The standard InChI is InChI=1S/C16H15ClN4S/c17-14-9-4-5-10-15(14)22-12-6-11-16-18-19-20-21(16)13-7-2-1-3-8-13/h1-5,7-10H,6,11-12H2. The highest BCUT2D eigenvalue weighted by atomic mass is 35.5. The molecule has 2 aromatic carbocycles. The van der Waals surface area contributed by atoms with E-state index in [9.17, 15) is 0 Å². The Kier molecular flexibility index (Phi) is 5.08. The summed E-state index contributed by atoms with van der Waals surface area (Å²) in [6, 6.07) is 17.8. The van der Waals surface area contributed by atoms with Gasteiger partial charge in [-0.15, -0.1) is 16.9 Å². The van der Waals surface area contributed by atoms with Gasteiger partial charge in [-0.1, -0.05) is 41.9 Å². The highest BCUT2D eigenvalue weighted by Crippen LogP contribution is 2.27. The van der Waals surface area contributed by atoms with Gasteiger partial charge >= 0.3 is 0 Å². The van der Waals surface area contributed by atoms with Crippen LogP contribution in [-0.4, -0.2) is 26.0 Å². The lowest BCUT2D eigenvalue weighted by Crippen LogP contribution is -2.03. The molecule has 0 N–H and O–H groups in total. The van der Waals surface area contributed by atoms with E-state index in [2.05, 4.69) is 15.5 Å². The van der Waals surface area contributed by atoms with Crippen molar-refractivity contribution in [2.45, 2.75) is 17.7 Å². The molecule has 3 aromatic rings. The van der Waals surface area contributed by atoms with Gasteiger partial charge in [0.2, 0.25) is 0 Å². The number of aromatic nitrogens is 4. The van der Waals surface area contributed by atoms with Crippen molar-refractivity contribution in [1.82, 2.24) is 20.2 Å². The van der Waals surface area contributed by atoms with E-state index in [-0.39, 0.29) is 0 Å². The lowest BCUT2D eigenvalue weighted by atomic mass is 10.3. The molecule has 0 radical (unpaired) electrons. The monoisotopic (exact) mass is 330 g/mol. The molecule has 0 atom stereocenters. The van der Waals surface area contributed by atoms with E-state index in [0.29, 0.717) is 0 Å². The number of aryl methyl sites for hydroxylation is 1. The summed E-state index contributed by atoms with van der Waals surface area (Å²) >= 11 is 7.91. The number of benzene rings is 2. The topological polar surface area (TPSA) is 43.6 Å². The minimum Gasteiger partial charge on any atom is -0.197 e. The Bertz CT molecular complexity index is 730. The lowest BCUT2D eigenvalue weighted by molar-refractivity contribution is 0.747. The van der Waals surface area contributed by atoms with Gasteiger partial charge in [0, 0.05) is 11.3 Å². The highest BCUT2D eigenvalue weighted by Gasteiger charge is 2.08. The summed E-state index contributed by atoms with van der Waals surface area (Å²) in [5.74, 6) is 1.86. The fourth-order valence-electron chi connectivity index (χ4n) is 2.11. The van der Waals surface area contributed by atoms with Crippen LogP contribution in [0, 0.1) is 0 Å². The Morgan fingerprint density at radius 2 is 1.77 bits per heavy atom. The van der Waals surface area contributed by atoms with Crippen molar-refractivity contribution in [2.24, 2.45) is 0 Å². The first-order valence-electron chi connectivity index (χ1n) is 7.04. The van der Waals surface area contributed by atoms with Crippen LogP contribution in [0.1, 0.15) is 12.2 Å². The van der Waals surface area contributed by atoms with E-state index in [1.54, 1.807) is 16.4 Å². The van der Waals surface area contributed by atoms with Crippen molar-refractivity contribution in [3.8, 4) is 5.69 Å². The first-order valence-corrected chi connectivity index (χ1v) is 8.41. The van der Waals surface area contributed by atoms with Gasteiger partial charge in [-0.2, -0.15) is 4.68 Å². The van der Waals surface area contributed by atoms with Gasteiger partial charge in [0.25, 0.3) is 0 Å². The minimum atomic E-state index is 0.807. The predicted octanol–water partition coefficient (Wildman–Crippen LogP) is 4.04. The number of hydrogen-bond acceptors (Lipinski definition) is 4. The second-order valence-electron chi connectivity index (χ2n) is 4.72. The summed E-state index contributed by atoms with van der Waals surface area (Å²) < 4.78 is 1.79. The van der Waals surface area contributed by atoms with Crippen LogP contribution in [0.4, 0.5) is 0 Å². The normalized spacial score (nSPS) is 10.8. The van der Waals surface area contributed by atoms with Crippen molar-refractivity contribution in [2.75, 3.05) is 5.75 Å². The Labute approximate surface area is 138 Å². The molecule has 0 fully saturated rings. The summed E-state index contributed by atoms with van der Waals surface area (Å²) in [6.07, 6.45) is 1.82. The second kappa shape index (κ2) is 7.42. The molecule has 6 heteroatoms. The first kappa shape index (κ1) is 15.1. The molecule has 4 nitrogen and oxygen atoms in total. The van der Waals surface area contributed by atoms with E-state index in [0.717, 1.165) is 40.0 Å². The molecule has 0 bridgehead atoms. The number of tetrazole rings is 1. The van der Waals surface area contributed by atoms with Crippen LogP contribution in [0.3, 0.4) is 0 Å². The van der Waals surface area contributed by atoms with Gasteiger partial charge in [0.1, 0.15) is 0 Å². The average molecular weight is 331 g/mol. The molecule has 22 heavy (non-hydrogen) atoms. The molecule has 112 valence electrons. The number of para-hydroxylation sites is 1. The van der Waals surface area contributed by atoms with Crippen LogP contribution in [0.25, 0.3) is 5.69 Å². The quantitative estimate of drug-likeness (QED) is 0.505. The highest BCUT2D eigenvalue weighted by molar-refractivity contribution is 7.99. The Morgan fingerprint density at radius 3 is 2.59 bits per heavy atom. The maximum absolute atomic E-state index is 6.15. The summed E-state index contributed by atoms with van der Waals surface area (Å²) in [6.45, 7) is 0. The smallest absolute Gasteiger partial charge is 0.156 e. The van der Waals surface area contributed by atoms with Gasteiger partial charge in [-0.3, -0.25) is 0 Å². The number of hydrogen-bond donors (Lipinski definition) is 0. The second-order valence-corrected chi connectivity index (χ2v) is 6.27. The number of rotatable bonds is 6. The third kappa shape index (κ3) is 3.67. The van der Waals surface area contributed by atoms with Gasteiger partial charge < -0.3 is 0 Å². The zero-order chi connectivity index (χ0) is 15.2. The van der Waals surface area contributed by atoms with E-state index >= 15 is 0 Å². The fraction of sp³-hybridized carbons (Fsp3) is 0.188. The predicted molar refractivity (Wildman–Crippen MR) is 89.7 cm³/mol. The maximum Gasteiger partial charge on any atom is 0.156 e. The van der Waals surface area contributed by atoms with E-state index in [4.69, 9.17) is 11.6 Å². The van der Waals surface area contributed by atoms with Crippen LogP contribution in [-0.2, 0) is 6.42 Å². The van der Waals surface area contributed by atoms with Crippen molar-refractivity contribution in [3.63, 3.8) is 0 Å². The largest absolute Gasteiger partial charge is 0.197 e. The van der Waals surface area contributed by atoms with E-state index in [1.165, 1.54) is 0 Å². The molecule has 1 aromatic heterocycles. The summed E-state index contributed by atoms with van der Waals surface area (Å²) in [7, 11) is 0. The maximum atomic E-state index is 6.15. The molecular formula is C16H15ClN4S. The first-order chi connectivity index (χ1) is 10.8. The molecule has 0 amide bonds. The molecule has 0 spiro atoms. The molecule has 0 saturated heterocycles. The van der Waals surface area contributed by atoms with Crippen molar-refractivity contribution >= 4 is 23.4 Å². The summed E-state index contributed by atoms with van der Waals surface area (Å²) in [5, 5.41) is 12.8. The third-order valence-electron chi connectivity index (χ3n) is 3.17. The van der Waals surface area contributed by atoms with Crippen LogP contribution in [0.15, 0.2) is 59.5 Å². The SMILES string of the molecule is Clc1ccccc1SCCCc1nnnn1-c1ccccc1. The summed E-state index contributed by atoms with van der Waals surface area (Å²) in [5.41, 5.74) is 0.987. The number of halogens is 1. The van der Waals surface area contributed by atoms with Crippen LogP contribution in [0.5, 0.6) is 0 Å². The summed E-state index contributed by atoms with van der Waals surface area (Å²) in [4.78, 5) is 1.12. The average Bonchev–Trinajstić information content (AvgIpc) is 3.02. The van der Waals surface area contributed by atoms with Crippen molar-refractivity contribution in [1.29, 1.82) is 0 Å². The number of thioether (sulfide) groups is 1. The molecule has 3 rings (SSSR count). The molecule has 0 aliphatic heterocycles. The van der Waals surface area contributed by atoms with Gasteiger partial charge in [0.05, 0.1) is 10.7 Å². The van der Waals surface area contributed by atoms with Crippen LogP contribution >= 0.6 is 23.4 Å². The zero-order valence-electron chi connectivity index (χ0n) is 11.9. The molecule has 0 aliphatic carbocycles. The van der Waals surface area contributed by atoms with Gasteiger partial charge in [0.15, 0.2) is 5.82 Å². The van der Waals surface area contributed by atoms with Gasteiger partial charge in [-0.05, 0) is 46.9 Å². The number of nitrogens with zero attached hydrogens (tertiary/aromatic N) is 4. The molecular weight excluding hydrogens is 316 g/mol. The third-order valence-corrected chi connectivity index (χ3v) is 4.78. The van der Waals surface area contributed by atoms with Crippen LogP contribution < -0.4 is 0 Å². The molecule has 1 heterocycles. The van der Waals surface area contributed by atoms with E-state index < -0.39 is 0 Å².